The molecule has 1 atom stereocenters. The Hall–Kier alpha value is -1.38. The first kappa shape index (κ1) is 11.7. The third-order valence-corrected chi connectivity index (χ3v) is 3.89. The average Bonchev–Trinajstić information content (AvgIpc) is 2.42. The topological polar surface area (TPSA) is 15.3 Å². The number of fused-ring (bicyclic) bond motifs is 1. The summed E-state index contributed by atoms with van der Waals surface area (Å²) in [5, 5.41) is 6.19. The number of nitrogens with zero attached hydrogens (tertiary/aromatic N) is 1. The fourth-order valence-electron chi connectivity index (χ4n) is 2.77. The molecule has 0 bridgehead atoms. The Bertz CT molecular complexity index is 530. The highest BCUT2D eigenvalue weighted by molar-refractivity contribution is 5.85. The maximum absolute atomic E-state index is 3.45. The van der Waals surface area contributed by atoms with Crippen LogP contribution in [0.1, 0.15) is 12.5 Å². The highest BCUT2D eigenvalue weighted by atomic mass is 15.2. The van der Waals surface area contributed by atoms with Crippen LogP contribution < -0.4 is 5.32 Å². The Balaban J connectivity index is 1.90. The van der Waals surface area contributed by atoms with E-state index in [4.69, 9.17) is 0 Å². The molecule has 1 aliphatic heterocycles. The van der Waals surface area contributed by atoms with Gasteiger partial charge in [-0.2, -0.15) is 0 Å². The monoisotopic (exact) mass is 240 g/mol. The first-order chi connectivity index (χ1) is 8.84. The summed E-state index contributed by atoms with van der Waals surface area (Å²) in [5.74, 6) is 0. The Labute approximate surface area is 109 Å². The number of hydrogen-bond acceptors (Lipinski definition) is 2. The van der Waals surface area contributed by atoms with Crippen LogP contribution in [0.3, 0.4) is 0 Å². The summed E-state index contributed by atoms with van der Waals surface area (Å²) in [6.07, 6.45) is 0. The summed E-state index contributed by atoms with van der Waals surface area (Å²) >= 11 is 0. The molecular weight excluding hydrogens is 220 g/mol. The summed E-state index contributed by atoms with van der Waals surface area (Å²) in [7, 11) is 0. The van der Waals surface area contributed by atoms with E-state index >= 15 is 0 Å². The first-order valence-electron chi connectivity index (χ1n) is 6.76. The van der Waals surface area contributed by atoms with Crippen LogP contribution in [0.5, 0.6) is 0 Å². The fourth-order valence-corrected chi connectivity index (χ4v) is 2.77. The van der Waals surface area contributed by atoms with E-state index in [2.05, 4.69) is 59.6 Å². The second-order valence-corrected chi connectivity index (χ2v) is 5.16. The molecule has 2 nitrogen and oxygen atoms in total. The molecule has 1 N–H and O–H groups in total. The second-order valence-electron chi connectivity index (χ2n) is 5.16. The van der Waals surface area contributed by atoms with Crippen LogP contribution in [0, 0.1) is 0 Å². The normalized spacial score (nSPS) is 21.3. The minimum atomic E-state index is 0.623. The number of hydrogen-bond donors (Lipinski definition) is 1. The van der Waals surface area contributed by atoms with Crippen molar-refractivity contribution >= 4 is 10.8 Å². The lowest BCUT2D eigenvalue weighted by Crippen LogP contribution is -2.49. The van der Waals surface area contributed by atoms with Gasteiger partial charge in [-0.25, -0.2) is 0 Å². The van der Waals surface area contributed by atoms with Gasteiger partial charge in [0.2, 0.25) is 0 Å². The maximum atomic E-state index is 3.45. The highest BCUT2D eigenvalue weighted by Gasteiger charge is 2.18. The predicted octanol–water partition coefficient (Wildman–Crippen LogP) is 2.63. The van der Waals surface area contributed by atoms with Gasteiger partial charge in [0, 0.05) is 32.2 Å². The Morgan fingerprint density at radius 3 is 2.89 bits per heavy atom. The summed E-state index contributed by atoms with van der Waals surface area (Å²) < 4.78 is 0. The van der Waals surface area contributed by atoms with Gasteiger partial charge >= 0.3 is 0 Å². The van der Waals surface area contributed by atoms with Gasteiger partial charge in [0.05, 0.1) is 0 Å². The molecule has 2 aromatic rings. The Morgan fingerprint density at radius 2 is 2.00 bits per heavy atom. The van der Waals surface area contributed by atoms with Crippen molar-refractivity contribution in [1.29, 1.82) is 0 Å². The van der Waals surface area contributed by atoms with Crippen molar-refractivity contribution in [2.75, 3.05) is 19.6 Å². The number of nitrogens with one attached hydrogen (secondary N) is 1. The molecule has 0 amide bonds. The third kappa shape index (κ3) is 2.26. The maximum Gasteiger partial charge on any atom is 0.0243 e. The average molecular weight is 240 g/mol. The van der Waals surface area contributed by atoms with E-state index in [-0.39, 0.29) is 0 Å². The molecule has 0 spiro atoms. The Kier molecular flexibility index (Phi) is 3.31. The summed E-state index contributed by atoms with van der Waals surface area (Å²) in [5.41, 5.74) is 1.45. The summed E-state index contributed by atoms with van der Waals surface area (Å²) in [6.45, 7) is 6.71. The zero-order valence-electron chi connectivity index (χ0n) is 10.9. The van der Waals surface area contributed by atoms with Crippen molar-refractivity contribution in [1.82, 2.24) is 10.2 Å². The smallest absolute Gasteiger partial charge is 0.0243 e. The quantitative estimate of drug-likeness (QED) is 0.868. The van der Waals surface area contributed by atoms with Crippen LogP contribution in [0.2, 0.25) is 0 Å². The molecule has 0 saturated carbocycles. The van der Waals surface area contributed by atoms with Gasteiger partial charge in [-0.15, -0.1) is 0 Å². The largest absolute Gasteiger partial charge is 0.314 e. The van der Waals surface area contributed by atoms with E-state index in [9.17, 15) is 0 Å². The van der Waals surface area contributed by atoms with Crippen LogP contribution in [-0.4, -0.2) is 30.6 Å². The van der Waals surface area contributed by atoms with Gasteiger partial charge < -0.3 is 5.32 Å². The van der Waals surface area contributed by atoms with Crippen molar-refractivity contribution in [3.63, 3.8) is 0 Å². The van der Waals surface area contributed by atoms with E-state index in [1.165, 1.54) is 16.3 Å². The van der Waals surface area contributed by atoms with Crippen molar-refractivity contribution in [3.8, 4) is 0 Å². The molecule has 0 radical (unpaired) electrons. The molecule has 1 heterocycles. The molecule has 2 heteroatoms. The van der Waals surface area contributed by atoms with E-state index < -0.39 is 0 Å². The van der Waals surface area contributed by atoms with Gasteiger partial charge in [0.1, 0.15) is 0 Å². The van der Waals surface area contributed by atoms with Gasteiger partial charge in [0.25, 0.3) is 0 Å². The lowest BCUT2D eigenvalue weighted by atomic mass is 10.0. The lowest BCUT2D eigenvalue weighted by molar-refractivity contribution is 0.166. The molecule has 3 rings (SSSR count). The predicted molar refractivity (Wildman–Crippen MR) is 76.7 cm³/mol. The van der Waals surface area contributed by atoms with E-state index in [1.807, 2.05) is 0 Å². The zero-order valence-corrected chi connectivity index (χ0v) is 10.9. The lowest BCUT2D eigenvalue weighted by Gasteiger charge is -2.34. The van der Waals surface area contributed by atoms with E-state index in [0.717, 1.165) is 26.2 Å². The fraction of sp³-hybridized carbons (Fsp3) is 0.375. The minimum Gasteiger partial charge on any atom is -0.314 e. The molecule has 0 aliphatic carbocycles. The third-order valence-electron chi connectivity index (χ3n) is 3.89. The number of rotatable bonds is 2. The molecule has 2 aromatic carbocycles. The van der Waals surface area contributed by atoms with Gasteiger partial charge in [0.15, 0.2) is 0 Å². The van der Waals surface area contributed by atoms with Crippen molar-refractivity contribution in [3.05, 3.63) is 48.0 Å². The van der Waals surface area contributed by atoms with E-state index in [0.29, 0.717) is 6.04 Å². The zero-order chi connectivity index (χ0) is 12.4. The van der Waals surface area contributed by atoms with Gasteiger partial charge in [-0.1, -0.05) is 42.5 Å². The Morgan fingerprint density at radius 1 is 1.17 bits per heavy atom. The van der Waals surface area contributed by atoms with Crippen LogP contribution in [-0.2, 0) is 6.54 Å². The minimum absolute atomic E-state index is 0.623. The first-order valence-corrected chi connectivity index (χ1v) is 6.76. The standard InChI is InChI=1S/C16H20N2/c1-13-11-17-9-10-18(13)12-15-7-4-6-14-5-2-3-8-16(14)15/h2-8,13,17H,9-12H2,1H3/t13-/m1/s1. The van der Waals surface area contributed by atoms with Gasteiger partial charge in [-0.05, 0) is 23.3 Å². The van der Waals surface area contributed by atoms with Crippen LogP contribution >= 0.6 is 0 Å². The number of piperazine rings is 1. The van der Waals surface area contributed by atoms with Crippen molar-refractivity contribution < 1.29 is 0 Å². The molecule has 18 heavy (non-hydrogen) atoms. The molecule has 1 saturated heterocycles. The highest BCUT2D eigenvalue weighted by Crippen LogP contribution is 2.21. The van der Waals surface area contributed by atoms with Crippen LogP contribution in [0.4, 0.5) is 0 Å². The summed E-state index contributed by atoms with van der Waals surface area (Å²) in [6, 6.07) is 15.9. The van der Waals surface area contributed by atoms with E-state index in [1.54, 1.807) is 0 Å². The molecule has 0 unspecified atom stereocenters. The van der Waals surface area contributed by atoms with Crippen LogP contribution in [0.15, 0.2) is 42.5 Å². The SMILES string of the molecule is C[C@@H]1CNCCN1Cc1cccc2ccccc12. The molecular formula is C16H20N2. The second kappa shape index (κ2) is 5.09. The summed E-state index contributed by atoms with van der Waals surface area (Å²) in [4.78, 5) is 2.57. The molecule has 0 aromatic heterocycles. The van der Waals surface area contributed by atoms with Crippen molar-refractivity contribution in [2.24, 2.45) is 0 Å². The van der Waals surface area contributed by atoms with Gasteiger partial charge in [-0.3, -0.25) is 4.90 Å². The molecule has 1 aliphatic rings. The molecule has 1 fully saturated rings. The van der Waals surface area contributed by atoms with Crippen molar-refractivity contribution in [2.45, 2.75) is 19.5 Å². The van der Waals surface area contributed by atoms with Crippen LogP contribution in [0.25, 0.3) is 10.8 Å². The number of benzene rings is 2. The molecule has 94 valence electrons.